The first-order valence-corrected chi connectivity index (χ1v) is 7.53. The molecule has 0 radical (unpaired) electrons. The van der Waals surface area contributed by atoms with Crippen LogP contribution in [-0.2, 0) is 0 Å². The fourth-order valence-electron chi connectivity index (χ4n) is 3.00. The van der Waals surface area contributed by atoms with E-state index in [0.29, 0.717) is 12.0 Å². The summed E-state index contributed by atoms with van der Waals surface area (Å²) in [5.41, 5.74) is 1.40. The van der Waals surface area contributed by atoms with Crippen LogP contribution in [-0.4, -0.2) is 12.6 Å². The molecule has 2 rings (SSSR count). The number of hydrogen-bond acceptors (Lipinski definition) is 1. The molecule has 1 aromatic carbocycles. The highest BCUT2D eigenvalue weighted by atomic mass is 35.5. The molecule has 0 saturated carbocycles. The molecule has 1 heterocycles. The molecule has 19 heavy (non-hydrogen) atoms. The van der Waals surface area contributed by atoms with Crippen molar-refractivity contribution in [3.05, 3.63) is 34.9 Å². The molecule has 0 aliphatic carbocycles. The summed E-state index contributed by atoms with van der Waals surface area (Å²) in [6, 6.07) is 9.04. The second kappa shape index (κ2) is 8.14. The SMILES string of the molecule is CC(C)CC(c1cccc(Cl)c1)C1CCCCN1.Cl. The van der Waals surface area contributed by atoms with Crippen LogP contribution in [0.15, 0.2) is 24.3 Å². The molecular formula is C16H25Cl2N. The highest BCUT2D eigenvalue weighted by Crippen LogP contribution is 2.32. The van der Waals surface area contributed by atoms with Crippen molar-refractivity contribution in [2.45, 2.75) is 51.5 Å². The van der Waals surface area contributed by atoms with Crippen LogP contribution in [0.1, 0.15) is 51.0 Å². The fourth-order valence-corrected chi connectivity index (χ4v) is 3.20. The van der Waals surface area contributed by atoms with Gasteiger partial charge in [-0.3, -0.25) is 0 Å². The predicted molar refractivity (Wildman–Crippen MR) is 86.5 cm³/mol. The molecule has 1 aromatic rings. The zero-order chi connectivity index (χ0) is 13.0. The molecule has 1 aliphatic heterocycles. The lowest BCUT2D eigenvalue weighted by molar-refractivity contribution is 0.318. The minimum absolute atomic E-state index is 0. The topological polar surface area (TPSA) is 12.0 Å². The van der Waals surface area contributed by atoms with Crippen molar-refractivity contribution in [1.82, 2.24) is 5.32 Å². The molecule has 0 amide bonds. The van der Waals surface area contributed by atoms with Gasteiger partial charge in [0.2, 0.25) is 0 Å². The second-order valence-electron chi connectivity index (χ2n) is 5.85. The van der Waals surface area contributed by atoms with E-state index in [0.717, 1.165) is 10.9 Å². The lowest BCUT2D eigenvalue weighted by Crippen LogP contribution is -2.39. The van der Waals surface area contributed by atoms with Gasteiger partial charge in [-0.25, -0.2) is 0 Å². The molecule has 1 aliphatic rings. The largest absolute Gasteiger partial charge is 0.313 e. The van der Waals surface area contributed by atoms with E-state index in [1.165, 1.54) is 37.8 Å². The maximum absolute atomic E-state index is 6.14. The van der Waals surface area contributed by atoms with E-state index in [2.05, 4.69) is 37.4 Å². The molecule has 0 aromatic heterocycles. The summed E-state index contributed by atoms with van der Waals surface area (Å²) >= 11 is 6.14. The normalized spacial score (nSPS) is 20.9. The predicted octanol–water partition coefficient (Wildman–Crippen LogP) is 5.03. The Bertz CT molecular complexity index is 373. The van der Waals surface area contributed by atoms with E-state index < -0.39 is 0 Å². The molecule has 1 saturated heterocycles. The van der Waals surface area contributed by atoms with Crippen molar-refractivity contribution in [3.63, 3.8) is 0 Å². The molecule has 3 heteroatoms. The van der Waals surface area contributed by atoms with Crippen LogP contribution in [0.2, 0.25) is 5.02 Å². The summed E-state index contributed by atoms with van der Waals surface area (Å²) < 4.78 is 0. The average molecular weight is 302 g/mol. The van der Waals surface area contributed by atoms with Crippen molar-refractivity contribution in [1.29, 1.82) is 0 Å². The lowest BCUT2D eigenvalue weighted by Gasteiger charge is -2.33. The van der Waals surface area contributed by atoms with Crippen molar-refractivity contribution in [2.24, 2.45) is 5.92 Å². The maximum Gasteiger partial charge on any atom is 0.0408 e. The number of rotatable bonds is 4. The van der Waals surface area contributed by atoms with Crippen molar-refractivity contribution in [2.75, 3.05) is 6.54 Å². The molecule has 108 valence electrons. The van der Waals surface area contributed by atoms with Gasteiger partial charge in [-0.05, 0) is 55.3 Å². The van der Waals surface area contributed by atoms with Crippen LogP contribution in [0, 0.1) is 5.92 Å². The number of halogens is 2. The van der Waals surface area contributed by atoms with Crippen LogP contribution in [0.25, 0.3) is 0 Å². The average Bonchev–Trinajstić information content (AvgIpc) is 2.37. The number of benzene rings is 1. The highest BCUT2D eigenvalue weighted by Gasteiger charge is 2.25. The van der Waals surface area contributed by atoms with E-state index in [9.17, 15) is 0 Å². The Morgan fingerprint density at radius 2 is 2.11 bits per heavy atom. The first-order valence-electron chi connectivity index (χ1n) is 7.15. The van der Waals surface area contributed by atoms with Gasteiger partial charge in [-0.2, -0.15) is 0 Å². The molecule has 2 atom stereocenters. The van der Waals surface area contributed by atoms with Crippen molar-refractivity contribution in [3.8, 4) is 0 Å². The smallest absolute Gasteiger partial charge is 0.0408 e. The first-order chi connectivity index (χ1) is 8.66. The fraction of sp³-hybridized carbons (Fsp3) is 0.625. The van der Waals surface area contributed by atoms with Gasteiger partial charge in [0, 0.05) is 11.1 Å². The van der Waals surface area contributed by atoms with E-state index in [1.54, 1.807) is 0 Å². The second-order valence-corrected chi connectivity index (χ2v) is 6.28. The van der Waals surface area contributed by atoms with Crippen LogP contribution < -0.4 is 5.32 Å². The van der Waals surface area contributed by atoms with Crippen LogP contribution in [0.3, 0.4) is 0 Å². The zero-order valence-electron chi connectivity index (χ0n) is 11.9. The number of piperidine rings is 1. The Kier molecular flexibility index (Phi) is 7.20. The zero-order valence-corrected chi connectivity index (χ0v) is 13.4. The molecule has 1 N–H and O–H groups in total. The molecule has 0 bridgehead atoms. The van der Waals surface area contributed by atoms with E-state index in [-0.39, 0.29) is 12.4 Å². The van der Waals surface area contributed by atoms with Gasteiger partial charge >= 0.3 is 0 Å². The minimum Gasteiger partial charge on any atom is -0.313 e. The lowest BCUT2D eigenvalue weighted by atomic mass is 9.81. The van der Waals surface area contributed by atoms with Gasteiger partial charge < -0.3 is 5.32 Å². The quantitative estimate of drug-likeness (QED) is 0.822. The third kappa shape index (κ3) is 4.98. The van der Waals surface area contributed by atoms with Crippen LogP contribution >= 0.6 is 24.0 Å². The summed E-state index contributed by atoms with van der Waals surface area (Å²) in [6.45, 7) is 5.78. The molecule has 1 fully saturated rings. The summed E-state index contributed by atoms with van der Waals surface area (Å²) in [5, 5.41) is 4.56. The monoisotopic (exact) mass is 301 g/mol. The Labute approximate surface area is 128 Å². The van der Waals surface area contributed by atoms with Crippen LogP contribution in [0.4, 0.5) is 0 Å². The first kappa shape index (κ1) is 16.8. The molecule has 1 nitrogen and oxygen atoms in total. The van der Waals surface area contributed by atoms with Gasteiger partial charge in [0.15, 0.2) is 0 Å². The summed E-state index contributed by atoms with van der Waals surface area (Å²) in [4.78, 5) is 0. The van der Waals surface area contributed by atoms with Gasteiger partial charge in [0.25, 0.3) is 0 Å². The third-order valence-corrected chi connectivity index (χ3v) is 4.07. The van der Waals surface area contributed by atoms with Crippen molar-refractivity contribution >= 4 is 24.0 Å². The summed E-state index contributed by atoms with van der Waals surface area (Å²) in [7, 11) is 0. The van der Waals surface area contributed by atoms with E-state index >= 15 is 0 Å². The standard InChI is InChI=1S/C16H24ClN.ClH/c1-12(2)10-15(16-8-3-4-9-18-16)13-6-5-7-14(17)11-13;/h5-7,11-12,15-16,18H,3-4,8-10H2,1-2H3;1H. The number of hydrogen-bond donors (Lipinski definition) is 1. The Morgan fingerprint density at radius 1 is 1.32 bits per heavy atom. The van der Waals surface area contributed by atoms with Gasteiger partial charge in [-0.15, -0.1) is 12.4 Å². The van der Waals surface area contributed by atoms with Gasteiger partial charge in [-0.1, -0.05) is 44.0 Å². The Balaban J connectivity index is 0.00000180. The number of nitrogens with one attached hydrogen (secondary N) is 1. The summed E-state index contributed by atoms with van der Waals surface area (Å²) in [5.74, 6) is 1.32. The van der Waals surface area contributed by atoms with E-state index in [4.69, 9.17) is 11.6 Å². The van der Waals surface area contributed by atoms with Crippen LogP contribution in [0.5, 0.6) is 0 Å². The maximum atomic E-state index is 6.14. The van der Waals surface area contributed by atoms with Crippen molar-refractivity contribution < 1.29 is 0 Å². The molecule has 0 spiro atoms. The Hall–Kier alpha value is -0.240. The molecular weight excluding hydrogens is 277 g/mol. The van der Waals surface area contributed by atoms with Gasteiger partial charge in [0.05, 0.1) is 0 Å². The molecule has 2 unspecified atom stereocenters. The van der Waals surface area contributed by atoms with Gasteiger partial charge in [0.1, 0.15) is 0 Å². The minimum atomic E-state index is 0. The highest BCUT2D eigenvalue weighted by molar-refractivity contribution is 6.30. The van der Waals surface area contributed by atoms with E-state index in [1.807, 2.05) is 6.07 Å². The third-order valence-electron chi connectivity index (χ3n) is 3.84. The summed E-state index contributed by atoms with van der Waals surface area (Å²) in [6.07, 6.45) is 5.20. The Morgan fingerprint density at radius 3 is 2.68 bits per heavy atom.